The van der Waals surface area contributed by atoms with Gasteiger partial charge in [0.25, 0.3) is 0 Å². The highest BCUT2D eigenvalue weighted by Gasteiger charge is 2.49. The zero-order valence-electron chi connectivity index (χ0n) is 7.33. The van der Waals surface area contributed by atoms with E-state index in [2.05, 4.69) is 10.2 Å². The number of hydrogen-bond donors (Lipinski definition) is 0. The number of methoxy groups -OCH3 is 1. The molecule has 0 amide bonds. The van der Waals surface area contributed by atoms with Crippen LogP contribution < -0.4 is 0 Å². The molecule has 1 heterocycles. The highest BCUT2D eigenvalue weighted by molar-refractivity contribution is 5.14. The van der Waals surface area contributed by atoms with Crippen LogP contribution in [0, 0.1) is 6.92 Å². The fraction of sp³-hybridized carbons (Fsp3) is 0.750. The summed E-state index contributed by atoms with van der Waals surface area (Å²) < 4.78 is 10.5. The summed E-state index contributed by atoms with van der Waals surface area (Å²) >= 11 is 0. The zero-order valence-corrected chi connectivity index (χ0v) is 7.33. The van der Waals surface area contributed by atoms with Gasteiger partial charge in [-0.25, -0.2) is 0 Å². The van der Waals surface area contributed by atoms with Crippen LogP contribution in [0.5, 0.6) is 0 Å². The lowest BCUT2D eigenvalue weighted by Crippen LogP contribution is -2.14. The molecule has 0 atom stereocenters. The summed E-state index contributed by atoms with van der Waals surface area (Å²) in [6, 6.07) is 0. The number of aryl methyl sites for hydroxylation is 1. The average Bonchev–Trinajstić information content (AvgIpc) is 2.69. The second-order valence-corrected chi connectivity index (χ2v) is 3.34. The highest BCUT2D eigenvalue weighted by Crippen LogP contribution is 2.47. The van der Waals surface area contributed by atoms with E-state index in [1.54, 1.807) is 14.0 Å². The van der Waals surface area contributed by atoms with Crippen molar-refractivity contribution in [3.05, 3.63) is 11.8 Å². The summed E-state index contributed by atoms with van der Waals surface area (Å²) in [4.78, 5) is 0. The van der Waals surface area contributed by atoms with Gasteiger partial charge in [0.05, 0.1) is 12.0 Å². The predicted octanol–water partition coefficient (Wildman–Crippen LogP) is 1.06. The minimum Gasteiger partial charge on any atom is -0.425 e. The van der Waals surface area contributed by atoms with Gasteiger partial charge in [0, 0.05) is 14.0 Å². The topological polar surface area (TPSA) is 48.2 Å². The third kappa shape index (κ3) is 1.12. The molecular weight excluding hydrogens is 156 g/mol. The van der Waals surface area contributed by atoms with E-state index in [0.717, 1.165) is 18.7 Å². The number of aromatic nitrogens is 2. The fourth-order valence-corrected chi connectivity index (χ4v) is 1.36. The molecule has 0 radical (unpaired) electrons. The SMILES string of the molecule is COCC1(c2nnc(C)o2)CC1. The second kappa shape index (κ2) is 2.55. The number of hydrogen-bond acceptors (Lipinski definition) is 4. The van der Waals surface area contributed by atoms with E-state index in [0.29, 0.717) is 12.5 Å². The Hall–Kier alpha value is -0.900. The van der Waals surface area contributed by atoms with Gasteiger partial charge in [-0.2, -0.15) is 0 Å². The normalized spacial score (nSPS) is 19.5. The maximum absolute atomic E-state index is 5.36. The largest absolute Gasteiger partial charge is 0.425 e. The summed E-state index contributed by atoms with van der Waals surface area (Å²) in [7, 11) is 1.70. The summed E-state index contributed by atoms with van der Waals surface area (Å²) in [5.41, 5.74) is 0.0516. The molecule has 1 saturated carbocycles. The molecule has 0 N–H and O–H groups in total. The molecule has 1 aromatic rings. The highest BCUT2D eigenvalue weighted by atomic mass is 16.5. The Morgan fingerprint density at radius 2 is 2.25 bits per heavy atom. The van der Waals surface area contributed by atoms with Gasteiger partial charge < -0.3 is 9.15 Å². The van der Waals surface area contributed by atoms with E-state index in [9.17, 15) is 0 Å². The van der Waals surface area contributed by atoms with Crippen molar-refractivity contribution in [3.63, 3.8) is 0 Å². The zero-order chi connectivity index (χ0) is 8.60. The second-order valence-electron chi connectivity index (χ2n) is 3.34. The molecule has 1 fully saturated rings. The first-order valence-electron chi connectivity index (χ1n) is 4.06. The molecule has 0 unspecified atom stereocenters. The molecule has 4 nitrogen and oxygen atoms in total. The van der Waals surface area contributed by atoms with Gasteiger partial charge in [0.15, 0.2) is 0 Å². The molecule has 1 aliphatic rings. The van der Waals surface area contributed by atoms with E-state index >= 15 is 0 Å². The van der Waals surface area contributed by atoms with Gasteiger partial charge in [-0.1, -0.05) is 0 Å². The lowest BCUT2D eigenvalue weighted by Gasteiger charge is -2.06. The van der Waals surface area contributed by atoms with Crippen molar-refractivity contribution in [2.24, 2.45) is 0 Å². The fourth-order valence-electron chi connectivity index (χ4n) is 1.36. The molecular formula is C8H12N2O2. The van der Waals surface area contributed by atoms with Crippen LogP contribution in [-0.2, 0) is 10.2 Å². The van der Waals surface area contributed by atoms with E-state index in [1.807, 2.05) is 0 Å². The van der Waals surface area contributed by atoms with E-state index in [-0.39, 0.29) is 5.41 Å². The van der Waals surface area contributed by atoms with Crippen molar-refractivity contribution in [3.8, 4) is 0 Å². The van der Waals surface area contributed by atoms with Crippen LogP contribution in [-0.4, -0.2) is 23.9 Å². The van der Waals surface area contributed by atoms with Crippen LogP contribution >= 0.6 is 0 Å². The maximum atomic E-state index is 5.36. The standard InChI is InChI=1S/C8H12N2O2/c1-6-9-10-7(12-6)8(3-4-8)5-11-2/h3-5H2,1-2H3. The third-order valence-electron chi connectivity index (χ3n) is 2.25. The quantitative estimate of drug-likeness (QED) is 0.677. The Balaban J connectivity index is 2.18. The van der Waals surface area contributed by atoms with Crippen LogP contribution in [0.15, 0.2) is 4.42 Å². The Kier molecular flexibility index (Phi) is 1.65. The number of ether oxygens (including phenoxy) is 1. The van der Waals surface area contributed by atoms with Gasteiger partial charge in [0.2, 0.25) is 11.8 Å². The summed E-state index contributed by atoms with van der Waals surface area (Å²) in [5.74, 6) is 1.37. The maximum Gasteiger partial charge on any atom is 0.224 e. The van der Waals surface area contributed by atoms with E-state index in [4.69, 9.17) is 9.15 Å². The smallest absolute Gasteiger partial charge is 0.224 e. The van der Waals surface area contributed by atoms with Crippen molar-refractivity contribution in [1.29, 1.82) is 0 Å². The molecule has 0 saturated heterocycles. The average molecular weight is 168 g/mol. The Morgan fingerprint density at radius 3 is 2.67 bits per heavy atom. The van der Waals surface area contributed by atoms with Crippen molar-refractivity contribution in [2.75, 3.05) is 13.7 Å². The minimum atomic E-state index is 0.0516. The van der Waals surface area contributed by atoms with E-state index < -0.39 is 0 Å². The van der Waals surface area contributed by atoms with Gasteiger partial charge in [-0.3, -0.25) is 0 Å². The first kappa shape index (κ1) is 7.73. The molecule has 0 aromatic carbocycles. The van der Waals surface area contributed by atoms with Gasteiger partial charge in [-0.15, -0.1) is 10.2 Å². The van der Waals surface area contributed by atoms with Crippen LogP contribution in [0.2, 0.25) is 0 Å². The molecule has 2 rings (SSSR count). The molecule has 1 aromatic heterocycles. The van der Waals surface area contributed by atoms with Crippen LogP contribution in [0.1, 0.15) is 24.6 Å². The predicted molar refractivity (Wildman–Crippen MR) is 41.8 cm³/mol. The van der Waals surface area contributed by atoms with E-state index in [1.165, 1.54) is 0 Å². The van der Waals surface area contributed by atoms with Crippen LogP contribution in [0.25, 0.3) is 0 Å². The van der Waals surface area contributed by atoms with Gasteiger partial charge in [0.1, 0.15) is 0 Å². The van der Waals surface area contributed by atoms with Crippen molar-refractivity contribution in [2.45, 2.75) is 25.2 Å². The minimum absolute atomic E-state index is 0.0516. The molecule has 4 heteroatoms. The van der Waals surface area contributed by atoms with Crippen LogP contribution in [0.4, 0.5) is 0 Å². The Morgan fingerprint density at radius 1 is 1.50 bits per heavy atom. The van der Waals surface area contributed by atoms with Gasteiger partial charge >= 0.3 is 0 Å². The summed E-state index contributed by atoms with van der Waals surface area (Å²) in [5, 5.41) is 7.80. The Labute approximate surface area is 70.9 Å². The Bertz CT molecular complexity index is 278. The number of nitrogens with zero attached hydrogens (tertiary/aromatic N) is 2. The molecule has 12 heavy (non-hydrogen) atoms. The third-order valence-corrected chi connectivity index (χ3v) is 2.25. The van der Waals surface area contributed by atoms with Crippen LogP contribution in [0.3, 0.4) is 0 Å². The molecule has 1 aliphatic carbocycles. The number of rotatable bonds is 3. The van der Waals surface area contributed by atoms with Crippen molar-refractivity contribution < 1.29 is 9.15 Å². The van der Waals surface area contributed by atoms with Gasteiger partial charge in [-0.05, 0) is 12.8 Å². The summed E-state index contributed by atoms with van der Waals surface area (Å²) in [6.45, 7) is 2.49. The molecule has 0 aliphatic heterocycles. The lowest BCUT2D eigenvalue weighted by atomic mass is 10.1. The van der Waals surface area contributed by atoms with Crippen molar-refractivity contribution in [1.82, 2.24) is 10.2 Å². The summed E-state index contributed by atoms with van der Waals surface area (Å²) in [6.07, 6.45) is 2.20. The van der Waals surface area contributed by atoms with Crippen molar-refractivity contribution >= 4 is 0 Å². The molecule has 0 bridgehead atoms. The monoisotopic (exact) mass is 168 g/mol. The first-order valence-corrected chi connectivity index (χ1v) is 4.06. The molecule has 0 spiro atoms. The molecule has 66 valence electrons. The first-order chi connectivity index (χ1) is 5.77. The lowest BCUT2D eigenvalue weighted by molar-refractivity contribution is 0.159.